The van der Waals surface area contributed by atoms with Crippen molar-refractivity contribution < 1.29 is 23.1 Å². The van der Waals surface area contributed by atoms with E-state index in [2.05, 4.69) is 27.8 Å². The molecule has 2 aromatic heterocycles. The van der Waals surface area contributed by atoms with Crippen LogP contribution in [0.5, 0.6) is 5.75 Å². The van der Waals surface area contributed by atoms with E-state index >= 15 is 0 Å². The Bertz CT molecular complexity index is 1590. The fourth-order valence-electron chi connectivity index (χ4n) is 6.12. The zero-order chi connectivity index (χ0) is 26.9. The number of benzene rings is 2. The van der Waals surface area contributed by atoms with Gasteiger partial charge in [0.2, 0.25) is 17.7 Å². The van der Waals surface area contributed by atoms with Crippen LogP contribution in [0.2, 0.25) is 0 Å². The molecule has 0 aliphatic carbocycles. The van der Waals surface area contributed by atoms with Crippen molar-refractivity contribution in [3.63, 3.8) is 0 Å². The molecule has 1 unspecified atom stereocenters. The summed E-state index contributed by atoms with van der Waals surface area (Å²) < 4.78 is 24.6. The van der Waals surface area contributed by atoms with Gasteiger partial charge in [0, 0.05) is 24.3 Å². The van der Waals surface area contributed by atoms with Crippen LogP contribution >= 0.6 is 0 Å². The lowest BCUT2D eigenvalue weighted by atomic mass is 9.72. The van der Waals surface area contributed by atoms with E-state index in [1.54, 1.807) is 13.4 Å². The van der Waals surface area contributed by atoms with E-state index in [0.717, 1.165) is 28.1 Å². The van der Waals surface area contributed by atoms with E-state index in [4.69, 9.17) is 23.3 Å². The zero-order valence-corrected chi connectivity index (χ0v) is 22.3. The summed E-state index contributed by atoms with van der Waals surface area (Å²) in [5.41, 5.74) is 4.26. The topological polar surface area (TPSA) is 112 Å². The SMILES string of the molecule is COCc1coc(-c2nc3oc2C24c5ccccc5N[C@H]2Oc2ccc(cc24)C[C@H](C)C(=O)N[C@H]3C(C)C)n1. The first kappa shape index (κ1) is 24.0. The first-order valence-corrected chi connectivity index (χ1v) is 13.3. The highest BCUT2D eigenvalue weighted by molar-refractivity contribution is 5.80. The number of rotatable bonds is 4. The number of oxazole rings is 2. The Morgan fingerprint density at radius 3 is 2.79 bits per heavy atom. The Hall–Kier alpha value is -4.11. The van der Waals surface area contributed by atoms with Gasteiger partial charge in [-0.3, -0.25) is 4.79 Å². The van der Waals surface area contributed by atoms with Gasteiger partial charge < -0.3 is 28.9 Å². The quantitative estimate of drug-likeness (QED) is 0.384. The Labute approximate surface area is 225 Å². The lowest BCUT2D eigenvalue weighted by Crippen LogP contribution is -2.40. The maximum Gasteiger partial charge on any atom is 0.249 e. The predicted octanol–water partition coefficient (Wildman–Crippen LogP) is 4.96. The molecule has 39 heavy (non-hydrogen) atoms. The Morgan fingerprint density at radius 2 is 1.97 bits per heavy atom. The summed E-state index contributed by atoms with van der Waals surface area (Å²) in [5.74, 6) is 1.78. The molecule has 1 spiro atoms. The molecule has 0 saturated heterocycles. The molecule has 3 aliphatic rings. The van der Waals surface area contributed by atoms with Crippen molar-refractivity contribution in [1.29, 1.82) is 0 Å². The molecule has 0 radical (unpaired) electrons. The molecule has 0 saturated carbocycles. The van der Waals surface area contributed by atoms with Gasteiger partial charge in [0.05, 0.1) is 6.61 Å². The number of methoxy groups -OCH3 is 1. The molecule has 9 heteroatoms. The van der Waals surface area contributed by atoms with E-state index in [9.17, 15) is 4.79 Å². The normalized spacial score (nSPS) is 24.7. The van der Waals surface area contributed by atoms with Crippen molar-refractivity contribution in [2.45, 2.75) is 51.5 Å². The van der Waals surface area contributed by atoms with Gasteiger partial charge in [-0.15, -0.1) is 0 Å². The maximum atomic E-state index is 13.3. The molecule has 3 aliphatic heterocycles. The van der Waals surface area contributed by atoms with Crippen LogP contribution in [0.25, 0.3) is 11.6 Å². The van der Waals surface area contributed by atoms with Crippen molar-refractivity contribution in [2.75, 3.05) is 12.4 Å². The molecule has 0 fully saturated rings. The van der Waals surface area contributed by atoms with E-state index in [1.165, 1.54) is 0 Å². The van der Waals surface area contributed by atoms with E-state index in [1.807, 2.05) is 51.1 Å². The molecule has 7 rings (SSSR count). The number of ether oxygens (including phenoxy) is 2. The van der Waals surface area contributed by atoms with Gasteiger partial charge in [-0.05, 0) is 35.6 Å². The molecule has 4 aromatic rings. The molecular weight excluding hydrogens is 496 g/mol. The molecule has 2 N–H and O–H groups in total. The maximum absolute atomic E-state index is 13.3. The lowest BCUT2D eigenvalue weighted by molar-refractivity contribution is -0.125. The van der Waals surface area contributed by atoms with Gasteiger partial charge in [-0.1, -0.05) is 51.1 Å². The van der Waals surface area contributed by atoms with Gasteiger partial charge in [-0.2, -0.15) is 0 Å². The highest BCUT2D eigenvalue weighted by Gasteiger charge is 2.61. The lowest BCUT2D eigenvalue weighted by Gasteiger charge is -2.28. The minimum atomic E-state index is -0.855. The summed E-state index contributed by atoms with van der Waals surface area (Å²) >= 11 is 0. The molecule has 5 heterocycles. The highest BCUT2D eigenvalue weighted by atomic mass is 16.5. The Morgan fingerprint density at radius 1 is 1.13 bits per heavy atom. The van der Waals surface area contributed by atoms with Crippen LogP contribution in [-0.2, 0) is 28.0 Å². The molecule has 9 nitrogen and oxygen atoms in total. The molecule has 2 aromatic carbocycles. The summed E-state index contributed by atoms with van der Waals surface area (Å²) in [6.07, 6.45) is 1.70. The Kier molecular flexibility index (Phi) is 5.35. The molecular formula is C30H30N4O5. The number of para-hydroxylation sites is 1. The van der Waals surface area contributed by atoms with Crippen LogP contribution < -0.4 is 15.4 Å². The fraction of sp³-hybridized carbons (Fsp3) is 0.367. The van der Waals surface area contributed by atoms with Crippen LogP contribution in [-0.4, -0.2) is 29.2 Å². The van der Waals surface area contributed by atoms with Gasteiger partial charge in [-0.25, -0.2) is 9.97 Å². The van der Waals surface area contributed by atoms with Crippen LogP contribution in [0.1, 0.15) is 60.8 Å². The van der Waals surface area contributed by atoms with Crippen molar-refractivity contribution in [1.82, 2.24) is 15.3 Å². The van der Waals surface area contributed by atoms with Crippen LogP contribution in [0, 0.1) is 11.8 Å². The number of hydrogen-bond donors (Lipinski definition) is 2. The summed E-state index contributed by atoms with van der Waals surface area (Å²) in [7, 11) is 1.61. The summed E-state index contributed by atoms with van der Waals surface area (Å²) in [4.78, 5) is 23.0. The fourth-order valence-corrected chi connectivity index (χ4v) is 6.12. The first-order valence-electron chi connectivity index (χ1n) is 13.3. The van der Waals surface area contributed by atoms with Crippen LogP contribution in [0.15, 0.2) is 57.6 Å². The van der Waals surface area contributed by atoms with Gasteiger partial charge >= 0.3 is 0 Å². The number of aromatic nitrogens is 2. The number of anilines is 1. The second-order valence-electron chi connectivity index (χ2n) is 11.0. The van der Waals surface area contributed by atoms with Crippen LogP contribution in [0.4, 0.5) is 5.69 Å². The number of carbonyl (C=O) groups excluding carboxylic acids is 1. The van der Waals surface area contributed by atoms with E-state index < -0.39 is 17.7 Å². The monoisotopic (exact) mass is 526 g/mol. The van der Waals surface area contributed by atoms with Crippen molar-refractivity contribution in [2.24, 2.45) is 11.8 Å². The molecule has 200 valence electrons. The van der Waals surface area contributed by atoms with Crippen molar-refractivity contribution in [3.05, 3.63) is 82.8 Å². The third-order valence-corrected chi connectivity index (χ3v) is 8.01. The molecule has 4 atom stereocenters. The largest absolute Gasteiger partial charge is 0.469 e. The second-order valence-corrected chi connectivity index (χ2v) is 11.0. The van der Waals surface area contributed by atoms with Crippen molar-refractivity contribution in [3.8, 4) is 17.3 Å². The standard InChI is InChI=1S/C30H30N4O5/c1-15(2)23-28-34-24(27-31-18(13-36-4)14-37-27)25(39-28)30-19-7-5-6-8-21(19)32-29(30)38-22-10-9-17(12-20(22)30)11-16(3)26(35)33-23/h5-10,12,14-16,23,29,32H,11,13H2,1-4H3,(H,33,35)/t16-,23-,29-,30?/m0/s1. The third kappa shape index (κ3) is 3.45. The summed E-state index contributed by atoms with van der Waals surface area (Å²) in [6, 6.07) is 13.9. The third-order valence-electron chi connectivity index (χ3n) is 8.01. The zero-order valence-electron chi connectivity index (χ0n) is 22.3. The second kappa shape index (κ2) is 8.71. The average Bonchev–Trinajstić information content (AvgIpc) is 3.67. The number of nitrogens with one attached hydrogen (secondary N) is 2. The molecule has 4 bridgehead atoms. The van der Waals surface area contributed by atoms with E-state index in [-0.39, 0.29) is 17.7 Å². The van der Waals surface area contributed by atoms with Crippen molar-refractivity contribution >= 4 is 11.6 Å². The van der Waals surface area contributed by atoms with Gasteiger partial charge in [0.25, 0.3) is 0 Å². The molecule has 1 amide bonds. The smallest absolute Gasteiger partial charge is 0.249 e. The number of carbonyl (C=O) groups is 1. The summed E-state index contributed by atoms with van der Waals surface area (Å²) in [5, 5.41) is 6.78. The first-order chi connectivity index (χ1) is 18.9. The van der Waals surface area contributed by atoms with Crippen LogP contribution in [0.3, 0.4) is 0 Å². The number of fused-ring (bicyclic) bond motifs is 4. The minimum Gasteiger partial charge on any atom is -0.469 e. The van der Waals surface area contributed by atoms with E-state index in [0.29, 0.717) is 42.0 Å². The number of hydrogen-bond acceptors (Lipinski definition) is 8. The predicted molar refractivity (Wildman–Crippen MR) is 142 cm³/mol. The van der Waals surface area contributed by atoms with Gasteiger partial charge in [0.1, 0.15) is 29.2 Å². The van der Waals surface area contributed by atoms with Gasteiger partial charge in [0.15, 0.2) is 17.7 Å². The average molecular weight is 527 g/mol. The highest BCUT2D eigenvalue weighted by Crippen LogP contribution is 2.59. The minimum absolute atomic E-state index is 0.0209. The summed E-state index contributed by atoms with van der Waals surface area (Å²) in [6.45, 7) is 6.34. The number of nitrogens with zero attached hydrogens (tertiary/aromatic N) is 2. The Balaban J connectivity index is 1.56. The number of amides is 1.